The molecule has 0 radical (unpaired) electrons. The molecule has 2 aromatic rings. The van der Waals surface area contributed by atoms with Gasteiger partial charge < -0.3 is 20.4 Å². The Morgan fingerprint density at radius 3 is 2.79 bits per heavy atom. The molecule has 1 fully saturated rings. The van der Waals surface area contributed by atoms with Crippen molar-refractivity contribution < 1.29 is 10.2 Å². The lowest BCUT2D eigenvalue weighted by Gasteiger charge is -2.31. The summed E-state index contributed by atoms with van der Waals surface area (Å²) in [6, 6.07) is 9.79. The SMILES string of the molecule is CC1CCN(C[C@H](O)CNc2nc3ccccc3cc2CO)CC1. The average molecular weight is 329 g/mol. The number of hydrogen-bond acceptors (Lipinski definition) is 5. The van der Waals surface area contributed by atoms with E-state index in [0.29, 0.717) is 18.9 Å². The summed E-state index contributed by atoms with van der Waals surface area (Å²) in [6.45, 7) is 5.46. The van der Waals surface area contributed by atoms with Crippen molar-refractivity contribution in [2.45, 2.75) is 32.5 Å². The van der Waals surface area contributed by atoms with Crippen LogP contribution in [0.1, 0.15) is 25.3 Å². The minimum absolute atomic E-state index is 0.0692. The molecule has 2 heterocycles. The predicted octanol–water partition coefficient (Wildman–Crippen LogP) is 2.23. The van der Waals surface area contributed by atoms with Gasteiger partial charge in [0.2, 0.25) is 0 Å². The van der Waals surface area contributed by atoms with Crippen LogP contribution in [0.15, 0.2) is 30.3 Å². The summed E-state index contributed by atoms with van der Waals surface area (Å²) in [5.41, 5.74) is 1.64. The fraction of sp³-hybridized carbons (Fsp3) is 0.526. The second kappa shape index (κ2) is 7.92. The van der Waals surface area contributed by atoms with Gasteiger partial charge in [0.1, 0.15) is 5.82 Å². The fourth-order valence-corrected chi connectivity index (χ4v) is 3.26. The van der Waals surface area contributed by atoms with E-state index < -0.39 is 6.10 Å². The van der Waals surface area contributed by atoms with Gasteiger partial charge in [0, 0.05) is 24.0 Å². The zero-order chi connectivity index (χ0) is 16.9. The third-order valence-electron chi connectivity index (χ3n) is 4.82. The molecule has 0 amide bonds. The standard InChI is InChI=1S/C19H27N3O2/c1-14-6-8-22(9-7-14)12-17(24)11-20-19-16(13-23)10-15-4-2-3-5-18(15)21-19/h2-5,10,14,17,23-24H,6-9,11-13H2,1H3,(H,20,21)/t17-/m1/s1. The molecule has 1 saturated heterocycles. The van der Waals surface area contributed by atoms with E-state index in [1.54, 1.807) is 0 Å². The van der Waals surface area contributed by atoms with Crippen LogP contribution in [0.3, 0.4) is 0 Å². The number of aromatic nitrogens is 1. The summed E-state index contributed by atoms with van der Waals surface area (Å²) in [5, 5.41) is 24.1. The minimum Gasteiger partial charge on any atom is -0.392 e. The highest BCUT2D eigenvalue weighted by Crippen LogP contribution is 2.21. The Balaban J connectivity index is 1.60. The number of aliphatic hydroxyl groups excluding tert-OH is 2. The van der Waals surface area contributed by atoms with Gasteiger partial charge in [0.25, 0.3) is 0 Å². The lowest BCUT2D eigenvalue weighted by molar-refractivity contribution is 0.0989. The Hall–Kier alpha value is -1.69. The van der Waals surface area contributed by atoms with Crippen LogP contribution in [-0.2, 0) is 6.61 Å². The molecule has 0 aliphatic carbocycles. The van der Waals surface area contributed by atoms with Crippen LogP contribution < -0.4 is 5.32 Å². The smallest absolute Gasteiger partial charge is 0.132 e. The quantitative estimate of drug-likeness (QED) is 0.758. The van der Waals surface area contributed by atoms with Gasteiger partial charge in [-0.1, -0.05) is 25.1 Å². The Bertz CT molecular complexity index is 669. The number of likely N-dealkylation sites (tertiary alicyclic amines) is 1. The van der Waals surface area contributed by atoms with Crippen molar-refractivity contribution in [1.29, 1.82) is 0 Å². The number of rotatable bonds is 6. The molecule has 0 saturated carbocycles. The number of piperidine rings is 1. The van der Waals surface area contributed by atoms with E-state index in [1.807, 2.05) is 30.3 Å². The molecule has 0 unspecified atom stereocenters. The van der Waals surface area contributed by atoms with Crippen molar-refractivity contribution in [3.63, 3.8) is 0 Å². The summed E-state index contributed by atoms with van der Waals surface area (Å²) in [6.07, 6.45) is 1.97. The van der Waals surface area contributed by atoms with Crippen LogP contribution in [0.5, 0.6) is 0 Å². The number of nitrogens with zero attached hydrogens (tertiary/aromatic N) is 2. The number of pyridine rings is 1. The van der Waals surface area contributed by atoms with Crippen LogP contribution in [0.4, 0.5) is 5.82 Å². The topological polar surface area (TPSA) is 68.6 Å². The second-order valence-corrected chi connectivity index (χ2v) is 6.86. The number of hydrogen-bond donors (Lipinski definition) is 3. The molecule has 1 atom stereocenters. The number of aliphatic hydroxyl groups is 2. The van der Waals surface area contributed by atoms with Gasteiger partial charge in [-0.3, -0.25) is 0 Å². The zero-order valence-corrected chi connectivity index (χ0v) is 14.3. The summed E-state index contributed by atoms with van der Waals surface area (Å²) in [7, 11) is 0. The molecule has 0 spiro atoms. The monoisotopic (exact) mass is 329 g/mol. The zero-order valence-electron chi connectivity index (χ0n) is 14.3. The molecule has 130 valence electrons. The lowest BCUT2D eigenvalue weighted by Crippen LogP contribution is -2.40. The molecule has 5 nitrogen and oxygen atoms in total. The minimum atomic E-state index is -0.446. The van der Waals surface area contributed by atoms with Crippen molar-refractivity contribution in [2.75, 3.05) is 31.5 Å². The molecule has 3 N–H and O–H groups in total. The van der Waals surface area contributed by atoms with Crippen LogP contribution in [0, 0.1) is 5.92 Å². The first-order valence-corrected chi connectivity index (χ1v) is 8.79. The molecule has 3 rings (SSSR count). The Morgan fingerprint density at radius 2 is 2.04 bits per heavy atom. The first kappa shape index (κ1) is 17.1. The predicted molar refractivity (Wildman–Crippen MR) is 97.0 cm³/mol. The van der Waals surface area contributed by atoms with Gasteiger partial charge in [0.15, 0.2) is 0 Å². The highest BCUT2D eigenvalue weighted by molar-refractivity contribution is 5.81. The fourth-order valence-electron chi connectivity index (χ4n) is 3.26. The molecular weight excluding hydrogens is 302 g/mol. The number of nitrogens with one attached hydrogen (secondary N) is 1. The summed E-state index contributed by atoms with van der Waals surface area (Å²) >= 11 is 0. The molecular formula is C19H27N3O2. The Labute approximate surface area is 143 Å². The summed E-state index contributed by atoms with van der Waals surface area (Å²) in [4.78, 5) is 6.91. The van der Waals surface area contributed by atoms with E-state index in [2.05, 4.69) is 22.1 Å². The highest BCUT2D eigenvalue weighted by Gasteiger charge is 2.18. The molecule has 0 bridgehead atoms. The van der Waals surface area contributed by atoms with Crippen LogP contribution >= 0.6 is 0 Å². The molecule has 1 aromatic heterocycles. The molecule has 5 heteroatoms. The summed E-state index contributed by atoms with van der Waals surface area (Å²) < 4.78 is 0. The van der Waals surface area contributed by atoms with Crippen LogP contribution in [-0.4, -0.2) is 52.4 Å². The van der Waals surface area contributed by atoms with Crippen molar-refractivity contribution in [3.8, 4) is 0 Å². The van der Waals surface area contributed by atoms with Gasteiger partial charge in [-0.25, -0.2) is 4.98 Å². The van der Waals surface area contributed by atoms with Crippen LogP contribution in [0.2, 0.25) is 0 Å². The Morgan fingerprint density at radius 1 is 1.29 bits per heavy atom. The third-order valence-corrected chi connectivity index (χ3v) is 4.82. The first-order chi connectivity index (χ1) is 11.7. The van der Waals surface area contributed by atoms with Crippen molar-refractivity contribution in [1.82, 2.24) is 9.88 Å². The Kier molecular flexibility index (Phi) is 5.66. The van der Waals surface area contributed by atoms with Gasteiger partial charge >= 0.3 is 0 Å². The van der Waals surface area contributed by atoms with Gasteiger partial charge in [0.05, 0.1) is 18.2 Å². The van der Waals surface area contributed by atoms with E-state index in [0.717, 1.165) is 35.5 Å². The maximum atomic E-state index is 10.3. The average Bonchev–Trinajstić information content (AvgIpc) is 2.61. The van der Waals surface area contributed by atoms with Gasteiger partial charge in [-0.05, 0) is 44.0 Å². The van der Waals surface area contributed by atoms with Crippen molar-refractivity contribution in [3.05, 3.63) is 35.9 Å². The number of fused-ring (bicyclic) bond motifs is 1. The van der Waals surface area contributed by atoms with E-state index in [4.69, 9.17) is 0 Å². The number of β-amino-alcohol motifs (C(OH)–C–C–N with tert-alkyl or cyclic N) is 1. The van der Waals surface area contributed by atoms with Gasteiger partial charge in [-0.2, -0.15) is 0 Å². The lowest BCUT2D eigenvalue weighted by atomic mass is 9.99. The van der Waals surface area contributed by atoms with Crippen molar-refractivity contribution in [2.24, 2.45) is 5.92 Å². The van der Waals surface area contributed by atoms with E-state index in [-0.39, 0.29) is 6.61 Å². The van der Waals surface area contributed by atoms with E-state index >= 15 is 0 Å². The first-order valence-electron chi connectivity index (χ1n) is 8.79. The number of anilines is 1. The summed E-state index contributed by atoms with van der Waals surface area (Å²) in [5.74, 6) is 1.45. The molecule has 24 heavy (non-hydrogen) atoms. The third kappa shape index (κ3) is 4.23. The van der Waals surface area contributed by atoms with E-state index in [1.165, 1.54) is 12.8 Å². The maximum absolute atomic E-state index is 10.3. The largest absolute Gasteiger partial charge is 0.392 e. The van der Waals surface area contributed by atoms with Crippen LogP contribution in [0.25, 0.3) is 10.9 Å². The molecule has 1 aliphatic heterocycles. The maximum Gasteiger partial charge on any atom is 0.132 e. The highest BCUT2D eigenvalue weighted by atomic mass is 16.3. The van der Waals surface area contributed by atoms with Crippen molar-refractivity contribution >= 4 is 16.7 Å². The molecule has 1 aromatic carbocycles. The molecule has 1 aliphatic rings. The van der Waals surface area contributed by atoms with E-state index in [9.17, 15) is 10.2 Å². The normalized spacial score (nSPS) is 18.0. The van der Waals surface area contributed by atoms with Gasteiger partial charge in [-0.15, -0.1) is 0 Å². The number of para-hydroxylation sites is 1. The second-order valence-electron chi connectivity index (χ2n) is 6.86. The number of benzene rings is 1.